The summed E-state index contributed by atoms with van der Waals surface area (Å²) in [5.41, 5.74) is 4.41. The Bertz CT molecular complexity index is 1410. The molecule has 178 valence electrons. The van der Waals surface area contributed by atoms with E-state index in [1.54, 1.807) is 0 Å². The van der Waals surface area contributed by atoms with Gasteiger partial charge in [-0.15, -0.1) is 0 Å². The highest BCUT2D eigenvalue weighted by Crippen LogP contribution is 2.38. The smallest absolute Gasteiger partial charge is 0.353 e. The van der Waals surface area contributed by atoms with E-state index in [9.17, 15) is 10.1 Å². The fourth-order valence-corrected chi connectivity index (χ4v) is 5.48. The molecule has 2 aromatic heterocycles. The number of aromatic nitrogens is 3. The summed E-state index contributed by atoms with van der Waals surface area (Å²) in [5, 5.41) is 14.2. The number of H-pyrrole nitrogens is 1. The second-order valence-corrected chi connectivity index (χ2v) is 9.26. The Balaban J connectivity index is 1.27. The Morgan fingerprint density at radius 2 is 1.57 bits per heavy atom. The first-order chi connectivity index (χ1) is 17.1. The molecule has 4 aromatic rings. The first-order valence-corrected chi connectivity index (χ1v) is 12.0. The Kier molecular flexibility index (Phi) is 5.41. The van der Waals surface area contributed by atoms with Crippen LogP contribution in [0.3, 0.4) is 0 Å². The molecule has 4 heterocycles. The maximum atomic E-state index is 12.3. The van der Waals surface area contributed by atoms with Crippen molar-refractivity contribution in [2.75, 3.05) is 47.4 Å². The van der Waals surface area contributed by atoms with E-state index in [1.807, 2.05) is 46.2 Å². The van der Waals surface area contributed by atoms with E-state index < -0.39 is 0 Å². The number of aromatic amines is 1. The minimum atomic E-state index is -0.341. The standard InChI is InChI=1S/C25H24ClN7O2/c26-19-6-2-4-8-22(19)30-11-13-31(14-12-30)24-23(33(34)35)25(28-16-27-24)32-10-9-18-17-5-1-3-7-20(17)29-21(18)15-32/h1-8,16,29H,9-15H2. The number of hydrogen-bond acceptors (Lipinski definition) is 7. The number of nitro groups is 1. The van der Waals surface area contributed by atoms with E-state index in [-0.39, 0.29) is 10.6 Å². The van der Waals surface area contributed by atoms with Crippen molar-refractivity contribution in [2.45, 2.75) is 13.0 Å². The van der Waals surface area contributed by atoms with Gasteiger partial charge in [-0.3, -0.25) is 10.1 Å². The lowest BCUT2D eigenvalue weighted by Crippen LogP contribution is -2.47. The summed E-state index contributed by atoms with van der Waals surface area (Å²) < 4.78 is 0. The SMILES string of the molecule is O=[N+]([O-])c1c(N2CCN(c3ccccc3Cl)CC2)ncnc1N1CCc2c([nH]c3ccccc23)C1. The molecule has 0 amide bonds. The predicted molar refractivity (Wildman–Crippen MR) is 138 cm³/mol. The van der Waals surface area contributed by atoms with Crippen molar-refractivity contribution < 1.29 is 4.92 Å². The zero-order chi connectivity index (χ0) is 23.9. The molecule has 35 heavy (non-hydrogen) atoms. The minimum Gasteiger partial charge on any atom is -0.367 e. The van der Waals surface area contributed by atoms with Crippen LogP contribution in [0.2, 0.25) is 5.02 Å². The number of halogens is 1. The maximum absolute atomic E-state index is 12.3. The van der Waals surface area contributed by atoms with Crippen molar-refractivity contribution in [3.63, 3.8) is 0 Å². The molecule has 9 nitrogen and oxygen atoms in total. The number of fused-ring (bicyclic) bond motifs is 3. The summed E-state index contributed by atoms with van der Waals surface area (Å²) in [4.78, 5) is 30.3. The number of rotatable bonds is 4. The van der Waals surface area contributed by atoms with Gasteiger partial charge in [0.1, 0.15) is 6.33 Å². The number of anilines is 3. The minimum absolute atomic E-state index is 0.0294. The summed E-state index contributed by atoms with van der Waals surface area (Å²) in [6.07, 6.45) is 2.24. The molecule has 10 heteroatoms. The molecule has 6 rings (SSSR count). The molecule has 0 unspecified atom stereocenters. The number of piperazine rings is 1. The molecular weight excluding hydrogens is 466 g/mol. The molecule has 0 atom stereocenters. The summed E-state index contributed by atoms with van der Waals surface area (Å²) in [6.45, 7) is 3.81. The van der Waals surface area contributed by atoms with Crippen LogP contribution in [-0.4, -0.2) is 52.6 Å². The summed E-state index contributed by atoms with van der Waals surface area (Å²) >= 11 is 6.37. The van der Waals surface area contributed by atoms with Crippen molar-refractivity contribution in [3.05, 3.63) is 81.3 Å². The molecule has 2 aliphatic heterocycles. The van der Waals surface area contributed by atoms with Gasteiger partial charge >= 0.3 is 5.69 Å². The van der Waals surface area contributed by atoms with Crippen molar-refractivity contribution in [1.82, 2.24) is 15.0 Å². The Morgan fingerprint density at radius 1 is 0.886 bits per heavy atom. The average Bonchev–Trinajstić information content (AvgIpc) is 3.26. The molecule has 0 radical (unpaired) electrons. The molecule has 0 saturated carbocycles. The van der Waals surface area contributed by atoms with Crippen LogP contribution in [0.25, 0.3) is 10.9 Å². The molecule has 0 aliphatic carbocycles. The average molecular weight is 490 g/mol. The van der Waals surface area contributed by atoms with Crippen LogP contribution in [-0.2, 0) is 13.0 Å². The summed E-state index contributed by atoms with van der Waals surface area (Å²) in [5.74, 6) is 0.749. The topological polar surface area (TPSA) is 94.4 Å². The van der Waals surface area contributed by atoms with Gasteiger partial charge in [-0.2, -0.15) is 0 Å². The summed E-state index contributed by atoms with van der Waals surface area (Å²) in [6, 6.07) is 16.0. The largest absolute Gasteiger partial charge is 0.367 e. The third-order valence-electron chi connectivity index (χ3n) is 6.92. The number of hydrogen-bond donors (Lipinski definition) is 1. The van der Waals surface area contributed by atoms with Crippen LogP contribution in [0, 0.1) is 10.1 Å². The van der Waals surface area contributed by atoms with Gasteiger partial charge in [0.05, 0.1) is 22.2 Å². The van der Waals surface area contributed by atoms with Gasteiger partial charge in [0.2, 0.25) is 11.6 Å². The van der Waals surface area contributed by atoms with Crippen molar-refractivity contribution in [1.29, 1.82) is 0 Å². The number of para-hydroxylation sites is 2. The van der Waals surface area contributed by atoms with Crippen LogP contribution in [0.4, 0.5) is 23.0 Å². The van der Waals surface area contributed by atoms with Crippen LogP contribution < -0.4 is 14.7 Å². The normalized spacial score (nSPS) is 16.0. The quantitative estimate of drug-likeness (QED) is 0.335. The van der Waals surface area contributed by atoms with Crippen molar-refractivity contribution >= 4 is 45.5 Å². The van der Waals surface area contributed by atoms with Gasteiger partial charge in [0.25, 0.3) is 0 Å². The monoisotopic (exact) mass is 489 g/mol. The van der Waals surface area contributed by atoms with Crippen LogP contribution in [0.5, 0.6) is 0 Å². The molecule has 1 N–H and O–H groups in total. The second-order valence-electron chi connectivity index (χ2n) is 8.85. The molecule has 2 aliphatic rings. The molecule has 0 spiro atoms. The first-order valence-electron chi connectivity index (χ1n) is 11.7. The fraction of sp³-hybridized carbons (Fsp3) is 0.280. The van der Waals surface area contributed by atoms with E-state index in [0.29, 0.717) is 55.9 Å². The third kappa shape index (κ3) is 3.81. The molecule has 1 fully saturated rings. The van der Waals surface area contributed by atoms with Crippen molar-refractivity contribution in [3.8, 4) is 0 Å². The van der Waals surface area contributed by atoms with Gasteiger partial charge in [-0.1, -0.05) is 41.9 Å². The van der Waals surface area contributed by atoms with Gasteiger partial charge in [0, 0.05) is 49.3 Å². The van der Waals surface area contributed by atoms with E-state index >= 15 is 0 Å². The number of nitrogens with one attached hydrogen (secondary N) is 1. The summed E-state index contributed by atoms with van der Waals surface area (Å²) in [7, 11) is 0. The highest BCUT2D eigenvalue weighted by atomic mass is 35.5. The van der Waals surface area contributed by atoms with E-state index in [2.05, 4.69) is 32.0 Å². The number of benzene rings is 2. The third-order valence-corrected chi connectivity index (χ3v) is 7.24. The number of nitrogens with zero attached hydrogens (tertiary/aromatic N) is 6. The highest BCUT2D eigenvalue weighted by molar-refractivity contribution is 6.33. The van der Waals surface area contributed by atoms with Crippen LogP contribution in [0.15, 0.2) is 54.9 Å². The van der Waals surface area contributed by atoms with Crippen LogP contribution >= 0.6 is 11.6 Å². The highest BCUT2D eigenvalue weighted by Gasteiger charge is 2.33. The Hall–Kier alpha value is -3.85. The molecular formula is C25H24ClN7O2. The van der Waals surface area contributed by atoms with Crippen molar-refractivity contribution in [2.24, 2.45) is 0 Å². The fourth-order valence-electron chi connectivity index (χ4n) is 5.23. The second kappa shape index (κ2) is 8.74. The maximum Gasteiger partial charge on any atom is 0.353 e. The predicted octanol–water partition coefficient (Wildman–Crippen LogP) is 4.41. The van der Waals surface area contributed by atoms with Crippen LogP contribution in [0.1, 0.15) is 11.3 Å². The van der Waals surface area contributed by atoms with Gasteiger partial charge < -0.3 is 19.7 Å². The van der Waals surface area contributed by atoms with E-state index in [0.717, 1.165) is 23.3 Å². The lowest BCUT2D eigenvalue weighted by molar-refractivity contribution is -0.383. The zero-order valence-corrected chi connectivity index (χ0v) is 19.8. The lowest BCUT2D eigenvalue weighted by atomic mass is 10.0. The lowest BCUT2D eigenvalue weighted by Gasteiger charge is -2.37. The van der Waals surface area contributed by atoms with Gasteiger partial charge in [-0.05, 0) is 30.2 Å². The molecule has 1 saturated heterocycles. The first kappa shape index (κ1) is 21.7. The zero-order valence-electron chi connectivity index (χ0n) is 19.0. The van der Waals surface area contributed by atoms with E-state index in [4.69, 9.17) is 11.6 Å². The Morgan fingerprint density at radius 3 is 2.34 bits per heavy atom. The Labute approximate surface area is 207 Å². The van der Waals surface area contributed by atoms with Gasteiger partial charge in [0.15, 0.2) is 0 Å². The van der Waals surface area contributed by atoms with E-state index in [1.165, 1.54) is 17.3 Å². The molecule has 2 aromatic carbocycles. The van der Waals surface area contributed by atoms with Gasteiger partial charge in [-0.25, -0.2) is 9.97 Å². The molecule has 0 bridgehead atoms.